The molecule has 10 nitrogen and oxygen atoms in total. The molecule has 1 fully saturated rings. The van der Waals surface area contributed by atoms with Gasteiger partial charge >= 0.3 is 0 Å². The van der Waals surface area contributed by atoms with Crippen molar-refractivity contribution in [2.45, 2.75) is 12.1 Å². The number of carbonyl (C=O) groups excluding carboxylic acids is 2. The maximum atomic E-state index is 13.4. The summed E-state index contributed by atoms with van der Waals surface area (Å²) in [5, 5.41) is 14.1. The Morgan fingerprint density at radius 1 is 1.00 bits per heavy atom. The van der Waals surface area contributed by atoms with Crippen LogP contribution in [-0.4, -0.2) is 34.8 Å². The third kappa shape index (κ3) is 5.33. The van der Waals surface area contributed by atoms with Crippen LogP contribution >= 0.6 is 0 Å². The van der Waals surface area contributed by atoms with Gasteiger partial charge in [-0.15, -0.1) is 0 Å². The molecule has 2 amide bonds. The third-order valence-electron chi connectivity index (χ3n) is 6.27. The molecule has 1 aliphatic rings. The second kappa shape index (κ2) is 11.1. The van der Waals surface area contributed by atoms with Crippen molar-refractivity contribution in [3.63, 3.8) is 0 Å². The number of hydrazine groups is 1. The van der Waals surface area contributed by atoms with E-state index in [0.717, 1.165) is 5.56 Å². The molecule has 38 heavy (non-hydrogen) atoms. The Bertz CT molecular complexity index is 1540. The number of H-pyrrole nitrogens is 1. The van der Waals surface area contributed by atoms with Crippen LogP contribution in [0.25, 0.3) is 10.8 Å². The number of fused-ring (bicyclic) bond motifs is 1. The molecule has 1 aliphatic heterocycles. The van der Waals surface area contributed by atoms with E-state index >= 15 is 0 Å². The first kappa shape index (κ1) is 24.9. The number of hydrazone groups is 1. The smallest absolute Gasteiger partial charge is 0.272 e. The van der Waals surface area contributed by atoms with E-state index in [9.17, 15) is 18.8 Å². The van der Waals surface area contributed by atoms with Gasteiger partial charge in [0.2, 0.25) is 0 Å². The van der Waals surface area contributed by atoms with Crippen LogP contribution in [0, 0.1) is 11.7 Å². The number of hydrogen-bond acceptors (Lipinski definition) is 7. The maximum Gasteiger partial charge on any atom is 0.272 e. The van der Waals surface area contributed by atoms with E-state index in [1.807, 2.05) is 0 Å². The van der Waals surface area contributed by atoms with Gasteiger partial charge in [-0.1, -0.05) is 48.5 Å². The van der Waals surface area contributed by atoms with Crippen molar-refractivity contribution in [2.75, 3.05) is 6.54 Å². The molecule has 192 valence electrons. The van der Waals surface area contributed by atoms with Crippen LogP contribution in [0.4, 0.5) is 4.39 Å². The highest BCUT2D eigenvalue weighted by atomic mass is 19.1. The lowest BCUT2D eigenvalue weighted by Gasteiger charge is -2.18. The van der Waals surface area contributed by atoms with E-state index in [0.29, 0.717) is 22.9 Å². The molecule has 3 atom stereocenters. The summed E-state index contributed by atoms with van der Waals surface area (Å²) in [4.78, 5) is 38.6. The number of nitrogens with zero attached hydrogens (tertiary/aromatic N) is 2. The molecule has 3 aromatic carbocycles. The Morgan fingerprint density at radius 2 is 1.71 bits per heavy atom. The average molecular weight is 514 g/mol. The number of benzene rings is 3. The molecule has 11 heteroatoms. The zero-order chi connectivity index (χ0) is 26.5. The van der Waals surface area contributed by atoms with E-state index < -0.39 is 23.4 Å². The van der Waals surface area contributed by atoms with Gasteiger partial charge in [-0.2, -0.15) is 10.2 Å². The molecule has 0 spiro atoms. The van der Waals surface area contributed by atoms with Crippen molar-refractivity contribution >= 4 is 28.8 Å². The Hall–Kier alpha value is -4.74. The highest BCUT2D eigenvalue weighted by Gasteiger charge is 2.29. The van der Waals surface area contributed by atoms with Crippen LogP contribution in [0.5, 0.6) is 0 Å². The summed E-state index contributed by atoms with van der Waals surface area (Å²) in [5.41, 5.74) is 9.63. The van der Waals surface area contributed by atoms with Crippen LogP contribution in [0.15, 0.2) is 88.8 Å². The summed E-state index contributed by atoms with van der Waals surface area (Å²) < 4.78 is 13.3. The van der Waals surface area contributed by atoms with Crippen LogP contribution in [0.3, 0.4) is 0 Å². The van der Waals surface area contributed by atoms with Crippen molar-refractivity contribution < 1.29 is 14.0 Å². The first-order valence-electron chi connectivity index (χ1n) is 11.9. The van der Waals surface area contributed by atoms with Crippen molar-refractivity contribution in [1.29, 1.82) is 0 Å². The summed E-state index contributed by atoms with van der Waals surface area (Å²) in [6, 6.07) is 19.8. The predicted octanol–water partition coefficient (Wildman–Crippen LogP) is 2.10. The first-order chi connectivity index (χ1) is 18.5. The Labute approximate surface area is 216 Å². The third-order valence-corrected chi connectivity index (χ3v) is 6.27. The minimum absolute atomic E-state index is 0.148. The molecular formula is C27H24FN7O3. The van der Waals surface area contributed by atoms with Crippen molar-refractivity contribution in [3.8, 4) is 0 Å². The molecule has 0 saturated carbocycles. The zero-order valence-electron chi connectivity index (χ0n) is 20.0. The topological polar surface area (TPSA) is 140 Å². The first-order valence-corrected chi connectivity index (χ1v) is 11.9. The van der Waals surface area contributed by atoms with Gasteiger partial charge in [-0.3, -0.25) is 19.8 Å². The van der Waals surface area contributed by atoms with E-state index in [2.05, 4.69) is 36.9 Å². The van der Waals surface area contributed by atoms with E-state index in [4.69, 9.17) is 0 Å². The fourth-order valence-corrected chi connectivity index (χ4v) is 4.33. The Balaban J connectivity index is 1.40. The summed E-state index contributed by atoms with van der Waals surface area (Å²) in [7, 11) is 0. The molecule has 5 N–H and O–H groups in total. The number of amides is 2. The van der Waals surface area contributed by atoms with Crippen molar-refractivity contribution in [2.24, 2.45) is 11.0 Å². The number of nitrogens with one attached hydrogen (secondary N) is 5. The molecular weight excluding hydrogens is 489 g/mol. The van der Waals surface area contributed by atoms with Crippen LogP contribution < -0.4 is 27.2 Å². The van der Waals surface area contributed by atoms with Crippen LogP contribution in [0.2, 0.25) is 0 Å². The maximum absolute atomic E-state index is 13.4. The standard InChI is InChI=1S/C27H24FN7O3/c28-19-12-10-16(11-13-19)22-18(14-29-32-22)15-30-34-27(38)24(31-25(36)17-6-2-1-3-7-17)23-20-8-4-5-9-21(20)26(37)35-33-23/h1-13,15,18,22,24,29,32H,14H2,(H,31,36)(H,34,38)(H,35,37)/b30-15+. The fraction of sp³-hybridized carbons (Fsp3) is 0.148. The highest BCUT2D eigenvalue weighted by molar-refractivity contribution is 5.99. The summed E-state index contributed by atoms with van der Waals surface area (Å²) in [6.07, 6.45) is 1.58. The molecule has 4 aromatic rings. The number of carbonyl (C=O) groups is 2. The molecule has 0 radical (unpaired) electrons. The normalized spacial score (nSPS) is 17.9. The summed E-state index contributed by atoms with van der Waals surface area (Å²) in [5.74, 6) is -1.62. The van der Waals surface area contributed by atoms with Gasteiger partial charge in [0.05, 0.1) is 11.4 Å². The predicted molar refractivity (Wildman–Crippen MR) is 139 cm³/mol. The number of aromatic nitrogens is 2. The van der Waals surface area contributed by atoms with Gasteiger partial charge in [0.15, 0.2) is 6.04 Å². The molecule has 0 bridgehead atoms. The lowest BCUT2D eigenvalue weighted by molar-refractivity contribution is -0.123. The Kier molecular flexibility index (Phi) is 7.29. The molecule has 1 aromatic heterocycles. The van der Waals surface area contributed by atoms with E-state index in [-0.39, 0.29) is 23.5 Å². The van der Waals surface area contributed by atoms with Crippen LogP contribution in [-0.2, 0) is 4.79 Å². The number of hydrogen-bond donors (Lipinski definition) is 5. The Morgan fingerprint density at radius 3 is 2.47 bits per heavy atom. The minimum atomic E-state index is -1.26. The van der Waals surface area contributed by atoms with Gasteiger partial charge < -0.3 is 5.32 Å². The molecule has 0 aliphatic carbocycles. The number of rotatable bonds is 7. The quantitative estimate of drug-likeness (QED) is 0.189. The minimum Gasteiger partial charge on any atom is -0.335 e. The second-order valence-electron chi connectivity index (χ2n) is 8.73. The lowest BCUT2D eigenvalue weighted by Crippen LogP contribution is -2.40. The van der Waals surface area contributed by atoms with E-state index in [1.54, 1.807) is 72.9 Å². The molecule has 3 unspecified atom stereocenters. The van der Waals surface area contributed by atoms with Gasteiger partial charge in [0.1, 0.15) is 11.5 Å². The van der Waals surface area contributed by atoms with Gasteiger partial charge in [0, 0.05) is 29.6 Å². The SMILES string of the molecule is O=C(NC(C(=O)N/N=C/C1CNNC1c1ccc(F)cc1)c1n[nH]c(=O)c2ccccc12)c1ccccc1. The number of halogens is 1. The lowest BCUT2D eigenvalue weighted by atomic mass is 9.96. The molecule has 1 saturated heterocycles. The number of aromatic amines is 1. The van der Waals surface area contributed by atoms with Gasteiger partial charge in [0.25, 0.3) is 17.4 Å². The zero-order valence-corrected chi connectivity index (χ0v) is 20.0. The van der Waals surface area contributed by atoms with Gasteiger partial charge in [-0.05, 0) is 35.9 Å². The monoisotopic (exact) mass is 513 g/mol. The van der Waals surface area contributed by atoms with Crippen molar-refractivity contribution in [3.05, 3.63) is 112 Å². The largest absolute Gasteiger partial charge is 0.335 e. The second-order valence-corrected chi connectivity index (χ2v) is 8.73. The average Bonchev–Trinajstić information content (AvgIpc) is 3.41. The van der Waals surface area contributed by atoms with Gasteiger partial charge in [-0.25, -0.2) is 20.3 Å². The summed E-state index contributed by atoms with van der Waals surface area (Å²) >= 11 is 0. The van der Waals surface area contributed by atoms with E-state index in [1.165, 1.54) is 12.1 Å². The molecule has 5 rings (SSSR count). The summed E-state index contributed by atoms with van der Waals surface area (Å²) in [6.45, 7) is 0.529. The fourth-order valence-electron chi connectivity index (χ4n) is 4.33. The highest BCUT2D eigenvalue weighted by Crippen LogP contribution is 2.24. The molecule has 2 heterocycles. The van der Waals surface area contributed by atoms with Crippen LogP contribution in [0.1, 0.15) is 33.7 Å². The van der Waals surface area contributed by atoms with Crippen molar-refractivity contribution in [1.82, 2.24) is 31.8 Å².